The molecule has 0 saturated heterocycles. The van der Waals surface area contributed by atoms with Crippen LogP contribution in [-0.4, -0.2) is 15.1 Å². The predicted octanol–water partition coefficient (Wildman–Crippen LogP) is 3.58. The zero-order valence-electron chi connectivity index (χ0n) is 9.45. The van der Waals surface area contributed by atoms with Crippen molar-refractivity contribution in [1.82, 2.24) is 9.97 Å². The third-order valence-electron chi connectivity index (χ3n) is 2.58. The van der Waals surface area contributed by atoms with Crippen molar-refractivity contribution in [3.05, 3.63) is 55.0 Å². The summed E-state index contributed by atoms with van der Waals surface area (Å²) in [7, 11) is 0. The van der Waals surface area contributed by atoms with E-state index in [1.807, 2.05) is 30.5 Å². The average Bonchev–Trinajstić information content (AvgIpc) is 2.90. The molecule has 0 bridgehead atoms. The largest absolute Gasteiger partial charge is 0.508 e. The molecule has 4 heteroatoms. The third kappa shape index (κ3) is 2.10. The molecule has 0 unspecified atom stereocenters. The fourth-order valence-electron chi connectivity index (χ4n) is 1.66. The number of hydrogen-bond donors (Lipinski definition) is 1. The van der Waals surface area contributed by atoms with Gasteiger partial charge in [-0.25, -0.2) is 4.98 Å². The van der Waals surface area contributed by atoms with Gasteiger partial charge in [0.05, 0.1) is 4.88 Å². The normalized spacial score (nSPS) is 10.4. The molecule has 0 atom stereocenters. The highest BCUT2D eigenvalue weighted by atomic mass is 32.1. The Hall–Kier alpha value is -2.20. The standard InChI is InChI=1S/C14H10N2OS/c17-12-3-1-10(2-4-12)13-9-16-14(18-13)11-5-7-15-8-6-11/h1-9,17H. The van der Waals surface area contributed by atoms with Crippen LogP contribution >= 0.6 is 11.3 Å². The Labute approximate surface area is 108 Å². The van der Waals surface area contributed by atoms with Crippen LogP contribution in [0.1, 0.15) is 0 Å². The quantitative estimate of drug-likeness (QED) is 0.760. The van der Waals surface area contributed by atoms with Gasteiger partial charge in [0.2, 0.25) is 0 Å². The fourth-order valence-corrected chi connectivity index (χ4v) is 2.59. The van der Waals surface area contributed by atoms with Crippen LogP contribution in [0.4, 0.5) is 0 Å². The van der Waals surface area contributed by atoms with Gasteiger partial charge in [0, 0.05) is 24.2 Å². The molecule has 0 radical (unpaired) electrons. The number of benzene rings is 1. The number of rotatable bonds is 2. The maximum Gasteiger partial charge on any atom is 0.123 e. The van der Waals surface area contributed by atoms with Crippen LogP contribution in [0.15, 0.2) is 55.0 Å². The minimum atomic E-state index is 0.276. The second kappa shape index (κ2) is 4.58. The molecule has 0 aliphatic rings. The van der Waals surface area contributed by atoms with Crippen molar-refractivity contribution >= 4 is 11.3 Å². The van der Waals surface area contributed by atoms with Crippen molar-refractivity contribution in [3.63, 3.8) is 0 Å². The van der Waals surface area contributed by atoms with Gasteiger partial charge < -0.3 is 5.11 Å². The Kier molecular flexibility index (Phi) is 2.78. The summed E-state index contributed by atoms with van der Waals surface area (Å²) in [6, 6.07) is 11.0. The first-order valence-electron chi connectivity index (χ1n) is 5.48. The van der Waals surface area contributed by atoms with Gasteiger partial charge in [0.15, 0.2) is 0 Å². The molecule has 88 valence electrons. The lowest BCUT2D eigenvalue weighted by Gasteiger charge is -1.96. The molecule has 3 aromatic rings. The lowest BCUT2D eigenvalue weighted by molar-refractivity contribution is 0.475. The van der Waals surface area contributed by atoms with E-state index >= 15 is 0 Å². The van der Waals surface area contributed by atoms with Crippen molar-refractivity contribution < 1.29 is 5.11 Å². The van der Waals surface area contributed by atoms with E-state index in [-0.39, 0.29) is 5.75 Å². The molecule has 0 spiro atoms. The summed E-state index contributed by atoms with van der Waals surface area (Å²) < 4.78 is 0. The first-order valence-corrected chi connectivity index (χ1v) is 6.30. The van der Waals surface area contributed by atoms with Crippen LogP contribution in [0.3, 0.4) is 0 Å². The van der Waals surface area contributed by atoms with Crippen LogP contribution in [-0.2, 0) is 0 Å². The second-order valence-electron chi connectivity index (χ2n) is 3.81. The Bertz CT molecular complexity index is 647. The first-order chi connectivity index (χ1) is 8.83. The fraction of sp³-hybridized carbons (Fsp3) is 0. The van der Waals surface area contributed by atoms with Gasteiger partial charge in [0.25, 0.3) is 0 Å². The number of nitrogens with zero attached hydrogens (tertiary/aromatic N) is 2. The van der Waals surface area contributed by atoms with Gasteiger partial charge in [-0.1, -0.05) is 0 Å². The van der Waals surface area contributed by atoms with Gasteiger partial charge in [-0.3, -0.25) is 4.98 Å². The molecule has 0 fully saturated rings. The smallest absolute Gasteiger partial charge is 0.123 e. The van der Waals surface area contributed by atoms with E-state index in [9.17, 15) is 5.11 Å². The number of phenolic OH excluding ortho intramolecular Hbond substituents is 1. The van der Waals surface area contributed by atoms with E-state index in [4.69, 9.17) is 0 Å². The lowest BCUT2D eigenvalue weighted by Crippen LogP contribution is -1.74. The first kappa shape index (κ1) is 10.9. The molecule has 1 aromatic carbocycles. The summed E-state index contributed by atoms with van der Waals surface area (Å²) in [5.74, 6) is 0.276. The summed E-state index contributed by atoms with van der Waals surface area (Å²) in [5.41, 5.74) is 2.13. The van der Waals surface area contributed by atoms with Gasteiger partial charge in [-0.15, -0.1) is 11.3 Å². The van der Waals surface area contributed by atoms with Crippen LogP contribution in [0, 0.1) is 0 Å². The third-order valence-corrected chi connectivity index (χ3v) is 3.68. The molecule has 18 heavy (non-hydrogen) atoms. The molecule has 0 aliphatic heterocycles. The Morgan fingerprint density at radius 1 is 0.889 bits per heavy atom. The minimum Gasteiger partial charge on any atom is -0.508 e. The van der Waals surface area contributed by atoms with Crippen LogP contribution < -0.4 is 0 Å². The van der Waals surface area contributed by atoms with Crippen LogP contribution in [0.5, 0.6) is 5.75 Å². The zero-order chi connectivity index (χ0) is 12.4. The van der Waals surface area contributed by atoms with Crippen LogP contribution in [0.25, 0.3) is 21.0 Å². The monoisotopic (exact) mass is 254 g/mol. The van der Waals surface area contributed by atoms with Crippen molar-refractivity contribution in [2.24, 2.45) is 0 Å². The number of phenols is 1. The highest BCUT2D eigenvalue weighted by Crippen LogP contribution is 2.32. The molecular weight excluding hydrogens is 244 g/mol. The van der Waals surface area contributed by atoms with E-state index in [1.54, 1.807) is 35.9 Å². The van der Waals surface area contributed by atoms with Gasteiger partial charge in [0.1, 0.15) is 10.8 Å². The molecule has 0 aliphatic carbocycles. The average molecular weight is 254 g/mol. The Balaban J connectivity index is 1.97. The number of thiazole rings is 1. The molecule has 1 N–H and O–H groups in total. The van der Waals surface area contributed by atoms with E-state index < -0.39 is 0 Å². The maximum atomic E-state index is 9.27. The lowest BCUT2D eigenvalue weighted by atomic mass is 10.2. The van der Waals surface area contributed by atoms with Crippen molar-refractivity contribution in [3.8, 4) is 26.8 Å². The summed E-state index contributed by atoms with van der Waals surface area (Å²) in [4.78, 5) is 9.49. The topological polar surface area (TPSA) is 46.0 Å². The molecule has 0 saturated carbocycles. The zero-order valence-corrected chi connectivity index (χ0v) is 10.3. The molecule has 2 aromatic heterocycles. The molecule has 3 rings (SSSR count). The molecule has 2 heterocycles. The van der Waals surface area contributed by atoms with Crippen molar-refractivity contribution in [2.45, 2.75) is 0 Å². The van der Waals surface area contributed by atoms with E-state index in [2.05, 4.69) is 9.97 Å². The number of aromatic nitrogens is 2. The second-order valence-corrected chi connectivity index (χ2v) is 4.84. The minimum absolute atomic E-state index is 0.276. The Morgan fingerprint density at radius 2 is 1.61 bits per heavy atom. The van der Waals surface area contributed by atoms with E-state index in [0.29, 0.717) is 0 Å². The van der Waals surface area contributed by atoms with Gasteiger partial charge in [-0.2, -0.15) is 0 Å². The van der Waals surface area contributed by atoms with E-state index in [0.717, 1.165) is 21.0 Å². The Morgan fingerprint density at radius 3 is 2.33 bits per heavy atom. The maximum absolute atomic E-state index is 9.27. The summed E-state index contributed by atoms with van der Waals surface area (Å²) in [5, 5.41) is 10.2. The summed E-state index contributed by atoms with van der Waals surface area (Å²) in [6.45, 7) is 0. The number of hydrogen-bond acceptors (Lipinski definition) is 4. The number of aromatic hydroxyl groups is 1. The highest BCUT2D eigenvalue weighted by molar-refractivity contribution is 7.18. The number of pyridine rings is 1. The predicted molar refractivity (Wildman–Crippen MR) is 72.4 cm³/mol. The summed E-state index contributed by atoms with van der Waals surface area (Å²) >= 11 is 1.62. The van der Waals surface area contributed by atoms with E-state index in [1.165, 1.54) is 0 Å². The van der Waals surface area contributed by atoms with Gasteiger partial charge in [-0.05, 0) is 42.0 Å². The highest BCUT2D eigenvalue weighted by Gasteiger charge is 2.06. The van der Waals surface area contributed by atoms with Crippen molar-refractivity contribution in [2.75, 3.05) is 0 Å². The summed E-state index contributed by atoms with van der Waals surface area (Å²) in [6.07, 6.45) is 5.38. The van der Waals surface area contributed by atoms with Crippen LogP contribution in [0.2, 0.25) is 0 Å². The molecule has 3 nitrogen and oxygen atoms in total. The SMILES string of the molecule is Oc1ccc(-c2cnc(-c3ccncc3)s2)cc1. The molecule has 0 amide bonds. The molecular formula is C14H10N2OS. The van der Waals surface area contributed by atoms with Crippen molar-refractivity contribution in [1.29, 1.82) is 0 Å². The van der Waals surface area contributed by atoms with Gasteiger partial charge >= 0.3 is 0 Å².